The SMILES string of the molecule is Cc1cc(-c2ccccc2)cc(-c2ccccc2)c1.Cc1ccc(-c2ccc(N(C3=CC4c5ccccc5C(C)(C)C4C=C3)c3cc(-c4ccccc4)cc(-c4ccccc4)c3)cc2)cc1C1C=CC=CC1C. The Balaban J connectivity index is 0.000000253. The molecule has 9 aromatic carbocycles. The number of fused-ring (bicyclic) bond motifs is 3. The molecule has 0 aliphatic heterocycles. The van der Waals surface area contributed by atoms with Crippen LogP contribution in [-0.2, 0) is 5.41 Å². The normalized spacial score (nSPS) is 18.0. The molecule has 0 saturated carbocycles. The smallest absolute Gasteiger partial charge is 0.0473 e. The zero-order chi connectivity index (χ0) is 49.9. The van der Waals surface area contributed by atoms with Crippen LogP contribution in [0.3, 0.4) is 0 Å². The molecule has 4 atom stereocenters. The van der Waals surface area contributed by atoms with Crippen molar-refractivity contribution in [1.29, 1.82) is 0 Å². The van der Waals surface area contributed by atoms with Crippen molar-refractivity contribution in [2.45, 2.75) is 51.9 Å². The van der Waals surface area contributed by atoms with Crippen molar-refractivity contribution in [3.05, 3.63) is 301 Å². The molecular formula is C72H63N. The maximum Gasteiger partial charge on any atom is 0.0473 e. The fraction of sp³-hybridized carbons (Fsp3) is 0.139. The lowest BCUT2D eigenvalue weighted by Gasteiger charge is -2.34. The number of allylic oxidation sites excluding steroid dienone is 7. The maximum atomic E-state index is 2.53. The van der Waals surface area contributed by atoms with Crippen molar-refractivity contribution in [3.8, 4) is 55.6 Å². The van der Waals surface area contributed by atoms with Crippen LogP contribution < -0.4 is 4.90 Å². The highest BCUT2D eigenvalue weighted by Gasteiger charge is 2.45. The number of anilines is 2. The highest BCUT2D eigenvalue weighted by molar-refractivity contribution is 5.84. The zero-order valence-corrected chi connectivity index (χ0v) is 42.7. The summed E-state index contributed by atoms with van der Waals surface area (Å²) in [6.07, 6.45) is 16.4. The highest BCUT2D eigenvalue weighted by Crippen LogP contribution is 2.54. The van der Waals surface area contributed by atoms with Gasteiger partial charge in [-0.3, -0.25) is 0 Å². The minimum absolute atomic E-state index is 0.0639. The van der Waals surface area contributed by atoms with Gasteiger partial charge in [0.05, 0.1) is 0 Å². The van der Waals surface area contributed by atoms with E-state index in [0.717, 1.165) is 11.4 Å². The first-order valence-corrected chi connectivity index (χ1v) is 26.0. The molecule has 0 aromatic heterocycles. The van der Waals surface area contributed by atoms with Gasteiger partial charge in [0, 0.05) is 28.9 Å². The summed E-state index contributed by atoms with van der Waals surface area (Å²) in [5, 5.41) is 0. The molecule has 3 aliphatic rings. The summed E-state index contributed by atoms with van der Waals surface area (Å²) in [6.45, 7) is 11.5. The zero-order valence-electron chi connectivity index (χ0n) is 42.7. The van der Waals surface area contributed by atoms with E-state index in [4.69, 9.17) is 0 Å². The lowest BCUT2D eigenvalue weighted by molar-refractivity contribution is 0.393. The molecule has 3 aliphatic carbocycles. The lowest BCUT2D eigenvalue weighted by Crippen LogP contribution is -2.27. The summed E-state index contributed by atoms with van der Waals surface area (Å²) in [5.74, 6) is 1.58. The Bertz CT molecular complexity index is 3390. The summed E-state index contributed by atoms with van der Waals surface area (Å²) in [4.78, 5) is 2.48. The second-order valence-corrected chi connectivity index (χ2v) is 20.7. The van der Waals surface area contributed by atoms with E-state index in [9.17, 15) is 0 Å². The quantitative estimate of drug-likeness (QED) is 0.139. The predicted octanol–water partition coefficient (Wildman–Crippen LogP) is 19.5. The standard InChI is InChI=1S/C53H47N.C19H16/c1-36-15-11-12-20-47(36)49-34-41(24-23-37(49)2)40-25-27-44(28-26-40)54(45-29-30-52-50(35-45)48-21-13-14-22-51(48)53(52,3)4)46-32-42(38-16-7-5-8-17-38)31-43(33-46)39-18-9-6-10-19-39;1-15-12-18(16-8-4-2-5-9-16)14-19(13-15)17-10-6-3-7-11-17/h5-36,47,50,52H,1-4H3;2-14H,1H3. The molecule has 0 amide bonds. The van der Waals surface area contributed by atoms with Crippen molar-refractivity contribution >= 4 is 11.4 Å². The fourth-order valence-electron chi connectivity index (χ4n) is 11.6. The van der Waals surface area contributed by atoms with Gasteiger partial charge in [-0.05, 0) is 157 Å². The highest BCUT2D eigenvalue weighted by atomic mass is 15.1. The second-order valence-electron chi connectivity index (χ2n) is 20.7. The molecule has 0 heterocycles. The van der Waals surface area contributed by atoms with Crippen LogP contribution in [0.25, 0.3) is 55.6 Å². The molecule has 356 valence electrons. The molecule has 1 heteroatoms. The van der Waals surface area contributed by atoms with E-state index in [1.807, 2.05) is 0 Å². The maximum absolute atomic E-state index is 2.53. The molecule has 0 bridgehead atoms. The van der Waals surface area contributed by atoms with Crippen LogP contribution in [0.15, 0.2) is 273 Å². The Morgan fingerprint density at radius 1 is 0.384 bits per heavy atom. The summed E-state index contributed by atoms with van der Waals surface area (Å²) >= 11 is 0. The van der Waals surface area contributed by atoms with Gasteiger partial charge in [0.25, 0.3) is 0 Å². The van der Waals surface area contributed by atoms with Gasteiger partial charge in [-0.25, -0.2) is 0 Å². The Kier molecular flexibility index (Phi) is 13.2. The number of rotatable bonds is 9. The van der Waals surface area contributed by atoms with Crippen molar-refractivity contribution < 1.29 is 0 Å². The number of hydrogen-bond donors (Lipinski definition) is 0. The average Bonchev–Trinajstić information content (AvgIpc) is 3.67. The number of nitrogens with zero attached hydrogens (tertiary/aromatic N) is 1. The molecule has 9 aromatic rings. The molecule has 4 unspecified atom stereocenters. The van der Waals surface area contributed by atoms with Gasteiger partial charge in [-0.15, -0.1) is 0 Å². The van der Waals surface area contributed by atoms with E-state index in [1.165, 1.54) is 89.1 Å². The summed E-state index contributed by atoms with van der Waals surface area (Å²) < 4.78 is 0. The molecule has 1 nitrogen and oxygen atoms in total. The Hall–Kier alpha value is -8.26. The Morgan fingerprint density at radius 2 is 0.863 bits per heavy atom. The monoisotopic (exact) mass is 941 g/mol. The lowest BCUT2D eigenvalue weighted by atomic mass is 9.74. The summed E-state index contributed by atoms with van der Waals surface area (Å²) in [6, 6.07) is 81.7. The molecule has 12 rings (SSSR count). The van der Waals surface area contributed by atoms with Crippen LogP contribution in [0.5, 0.6) is 0 Å². The molecule has 0 saturated heterocycles. The van der Waals surface area contributed by atoms with E-state index < -0.39 is 0 Å². The van der Waals surface area contributed by atoms with Crippen molar-refractivity contribution in [2.24, 2.45) is 11.8 Å². The van der Waals surface area contributed by atoms with Crippen LogP contribution in [-0.4, -0.2) is 0 Å². The van der Waals surface area contributed by atoms with Crippen LogP contribution in [0.1, 0.15) is 60.4 Å². The third-order valence-electron chi connectivity index (χ3n) is 15.5. The van der Waals surface area contributed by atoms with Gasteiger partial charge >= 0.3 is 0 Å². The van der Waals surface area contributed by atoms with Gasteiger partial charge in [0.15, 0.2) is 0 Å². The molecule has 0 N–H and O–H groups in total. The first kappa shape index (κ1) is 47.1. The van der Waals surface area contributed by atoms with E-state index in [-0.39, 0.29) is 5.41 Å². The molecule has 73 heavy (non-hydrogen) atoms. The summed E-state index contributed by atoms with van der Waals surface area (Å²) in [5.41, 5.74) is 22.9. The van der Waals surface area contributed by atoms with Gasteiger partial charge in [-0.1, -0.05) is 245 Å². The van der Waals surface area contributed by atoms with Gasteiger partial charge < -0.3 is 4.90 Å². The topological polar surface area (TPSA) is 3.24 Å². The Labute approximate surface area is 433 Å². The minimum Gasteiger partial charge on any atom is -0.311 e. The third kappa shape index (κ3) is 9.76. The van der Waals surface area contributed by atoms with Crippen LogP contribution >= 0.6 is 0 Å². The van der Waals surface area contributed by atoms with Gasteiger partial charge in [0.1, 0.15) is 0 Å². The van der Waals surface area contributed by atoms with Crippen molar-refractivity contribution in [3.63, 3.8) is 0 Å². The molecule has 0 spiro atoms. The van der Waals surface area contributed by atoms with Crippen LogP contribution in [0.4, 0.5) is 11.4 Å². The predicted molar refractivity (Wildman–Crippen MR) is 311 cm³/mol. The third-order valence-corrected chi connectivity index (χ3v) is 15.5. The summed E-state index contributed by atoms with van der Waals surface area (Å²) in [7, 11) is 0. The number of aryl methyl sites for hydroxylation is 2. The van der Waals surface area contributed by atoms with Crippen molar-refractivity contribution in [2.75, 3.05) is 4.90 Å². The average molecular weight is 942 g/mol. The molecule has 0 fully saturated rings. The number of benzene rings is 9. The number of hydrogen-bond acceptors (Lipinski definition) is 1. The van der Waals surface area contributed by atoms with Crippen LogP contribution in [0, 0.1) is 25.7 Å². The first-order valence-electron chi connectivity index (χ1n) is 26.0. The van der Waals surface area contributed by atoms with Gasteiger partial charge in [-0.2, -0.15) is 0 Å². The minimum atomic E-state index is 0.0639. The van der Waals surface area contributed by atoms with E-state index in [0.29, 0.717) is 23.7 Å². The molecule has 0 radical (unpaired) electrons. The molecular weight excluding hydrogens is 879 g/mol. The van der Waals surface area contributed by atoms with Crippen LogP contribution in [0.2, 0.25) is 0 Å². The van der Waals surface area contributed by atoms with E-state index in [2.05, 4.69) is 307 Å². The van der Waals surface area contributed by atoms with Gasteiger partial charge in [0.2, 0.25) is 0 Å². The first-order chi connectivity index (χ1) is 35.7. The fourth-order valence-corrected chi connectivity index (χ4v) is 11.6. The van der Waals surface area contributed by atoms with E-state index in [1.54, 1.807) is 0 Å². The largest absolute Gasteiger partial charge is 0.311 e. The Morgan fingerprint density at radius 3 is 1.41 bits per heavy atom. The van der Waals surface area contributed by atoms with E-state index >= 15 is 0 Å². The van der Waals surface area contributed by atoms with Crippen molar-refractivity contribution in [1.82, 2.24) is 0 Å². The second kappa shape index (κ2) is 20.5.